The maximum Gasteiger partial charge on any atom is 0.100 e. The molecule has 2 heterocycles. The highest BCUT2D eigenvalue weighted by molar-refractivity contribution is 14.1. The molecule has 0 aliphatic carbocycles. The van der Waals surface area contributed by atoms with Gasteiger partial charge in [-0.3, -0.25) is 9.13 Å². The van der Waals surface area contributed by atoms with E-state index in [1.54, 1.807) is 0 Å². The molecular formula is C32H21IN4. The normalized spacial score (nSPS) is 11.4. The van der Waals surface area contributed by atoms with Crippen molar-refractivity contribution in [3.8, 4) is 33.6 Å². The fourth-order valence-electron chi connectivity index (χ4n) is 4.92. The highest BCUT2D eigenvalue weighted by Gasteiger charge is 2.14. The molecule has 0 N–H and O–H groups in total. The zero-order chi connectivity index (χ0) is 24.8. The van der Waals surface area contributed by atoms with Crippen molar-refractivity contribution in [1.29, 1.82) is 0 Å². The van der Waals surface area contributed by atoms with Crippen molar-refractivity contribution in [1.82, 2.24) is 19.1 Å². The molecule has 5 aromatic carbocycles. The number of aromatic nitrogens is 4. The Morgan fingerprint density at radius 1 is 0.486 bits per heavy atom. The third kappa shape index (κ3) is 3.83. The Kier molecular flexibility index (Phi) is 5.36. The maximum absolute atomic E-state index is 4.63. The fourth-order valence-corrected chi connectivity index (χ4v) is 5.90. The number of halogens is 1. The van der Waals surface area contributed by atoms with Crippen LogP contribution in [0.4, 0.5) is 0 Å². The molecule has 0 aliphatic heterocycles. The molecule has 0 bridgehead atoms. The average molecular weight is 588 g/mol. The Balaban J connectivity index is 1.34. The lowest BCUT2D eigenvalue weighted by molar-refractivity contribution is 1.09. The molecule has 37 heavy (non-hydrogen) atoms. The van der Waals surface area contributed by atoms with E-state index in [0.717, 1.165) is 33.4 Å². The smallest absolute Gasteiger partial charge is 0.100 e. The summed E-state index contributed by atoms with van der Waals surface area (Å²) in [5.41, 5.74) is 11.1. The van der Waals surface area contributed by atoms with E-state index in [0.29, 0.717) is 0 Å². The van der Waals surface area contributed by atoms with Crippen molar-refractivity contribution in [3.63, 3.8) is 0 Å². The highest BCUT2D eigenvalue weighted by Crippen LogP contribution is 2.36. The maximum atomic E-state index is 4.63. The van der Waals surface area contributed by atoms with Gasteiger partial charge in [-0.2, -0.15) is 0 Å². The largest absolute Gasteiger partial charge is 0.299 e. The van der Waals surface area contributed by atoms with Crippen LogP contribution in [0.2, 0.25) is 0 Å². The van der Waals surface area contributed by atoms with Gasteiger partial charge in [0.25, 0.3) is 0 Å². The van der Waals surface area contributed by atoms with E-state index in [1.807, 2.05) is 24.8 Å². The third-order valence-electron chi connectivity index (χ3n) is 6.78. The SMILES string of the molecule is Ic1c(-c2ccc3ncn(-c4ccccc4)c3c2)cccc1-c1ccc2ncn(-c3ccccc3)c2c1. The van der Waals surface area contributed by atoms with Gasteiger partial charge in [-0.1, -0.05) is 66.7 Å². The molecule has 5 heteroatoms. The van der Waals surface area contributed by atoms with E-state index in [-0.39, 0.29) is 0 Å². The van der Waals surface area contributed by atoms with Crippen molar-refractivity contribution in [3.05, 3.63) is 131 Å². The molecule has 0 spiro atoms. The minimum Gasteiger partial charge on any atom is -0.299 e. The summed E-state index contributed by atoms with van der Waals surface area (Å²) in [7, 11) is 0. The molecule has 0 saturated heterocycles. The molecular weight excluding hydrogens is 567 g/mol. The Hall–Kier alpha value is -4.23. The zero-order valence-electron chi connectivity index (χ0n) is 19.8. The molecule has 0 radical (unpaired) electrons. The van der Waals surface area contributed by atoms with Crippen LogP contribution in [0.25, 0.3) is 55.7 Å². The molecule has 7 aromatic rings. The molecule has 0 fully saturated rings. The van der Waals surface area contributed by atoms with Crippen LogP contribution in [-0.2, 0) is 0 Å². The molecule has 2 aromatic heterocycles. The standard InChI is InChI=1S/C32H21IN4/c33-32-26(22-14-16-28-30(18-22)36(20-34-28)24-8-3-1-4-9-24)12-7-13-27(32)23-15-17-29-31(19-23)37(21-35-29)25-10-5-2-6-11-25/h1-21H. The van der Waals surface area contributed by atoms with Crippen LogP contribution in [0, 0.1) is 3.57 Å². The predicted molar refractivity (Wildman–Crippen MR) is 159 cm³/mol. The van der Waals surface area contributed by atoms with Gasteiger partial charge >= 0.3 is 0 Å². The summed E-state index contributed by atoms with van der Waals surface area (Å²) < 4.78 is 5.51. The van der Waals surface area contributed by atoms with Crippen molar-refractivity contribution in [2.24, 2.45) is 0 Å². The molecule has 0 atom stereocenters. The first-order chi connectivity index (χ1) is 18.3. The third-order valence-corrected chi connectivity index (χ3v) is 7.95. The second-order valence-corrected chi connectivity index (χ2v) is 10.1. The van der Waals surface area contributed by atoms with E-state index in [2.05, 4.69) is 145 Å². The molecule has 0 aliphatic rings. The Bertz CT molecular complexity index is 1750. The predicted octanol–water partition coefficient (Wildman–Crippen LogP) is 8.30. The van der Waals surface area contributed by atoms with Gasteiger partial charge in [0.1, 0.15) is 12.7 Å². The number of rotatable bonds is 4. The van der Waals surface area contributed by atoms with E-state index in [1.165, 1.54) is 25.8 Å². The summed E-state index contributed by atoms with van der Waals surface area (Å²) in [6, 6.07) is 40.3. The Morgan fingerprint density at radius 3 is 1.41 bits per heavy atom. The monoisotopic (exact) mass is 588 g/mol. The first kappa shape index (κ1) is 22.0. The molecule has 7 rings (SSSR count). The fraction of sp³-hybridized carbons (Fsp3) is 0. The Morgan fingerprint density at radius 2 is 0.946 bits per heavy atom. The number of fused-ring (bicyclic) bond motifs is 2. The van der Waals surface area contributed by atoms with Crippen molar-refractivity contribution < 1.29 is 0 Å². The summed E-state index contributed by atoms with van der Waals surface area (Å²) >= 11 is 2.49. The summed E-state index contributed by atoms with van der Waals surface area (Å²) in [4.78, 5) is 9.25. The van der Waals surface area contributed by atoms with Gasteiger partial charge in [0.05, 0.1) is 22.1 Å². The second-order valence-electron chi connectivity index (χ2n) is 8.97. The van der Waals surface area contributed by atoms with Gasteiger partial charge in [0, 0.05) is 14.9 Å². The number of para-hydroxylation sites is 2. The van der Waals surface area contributed by atoms with Crippen LogP contribution in [0.3, 0.4) is 0 Å². The molecule has 4 nitrogen and oxygen atoms in total. The topological polar surface area (TPSA) is 35.6 Å². The molecule has 0 unspecified atom stereocenters. The zero-order valence-corrected chi connectivity index (χ0v) is 21.9. The van der Waals surface area contributed by atoms with Crippen LogP contribution in [-0.4, -0.2) is 19.1 Å². The Labute approximate surface area is 228 Å². The second kappa shape index (κ2) is 9.01. The first-order valence-electron chi connectivity index (χ1n) is 12.1. The van der Waals surface area contributed by atoms with Crippen molar-refractivity contribution in [2.45, 2.75) is 0 Å². The van der Waals surface area contributed by atoms with Crippen LogP contribution < -0.4 is 0 Å². The summed E-state index contributed by atoms with van der Waals surface area (Å²) in [5, 5.41) is 0. The van der Waals surface area contributed by atoms with Gasteiger partial charge in [-0.15, -0.1) is 0 Å². The highest BCUT2D eigenvalue weighted by atomic mass is 127. The van der Waals surface area contributed by atoms with Crippen LogP contribution in [0.15, 0.2) is 128 Å². The van der Waals surface area contributed by atoms with Crippen molar-refractivity contribution in [2.75, 3.05) is 0 Å². The number of imidazole rings is 2. The van der Waals surface area contributed by atoms with Gasteiger partial charge in [-0.05, 0) is 93.4 Å². The molecule has 176 valence electrons. The van der Waals surface area contributed by atoms with Gasteiger partial charge in [0.2, 0.25) is 0 Å². The number of hydrogen-bond donors (Lipinski definition) is 0. The van der Waals surface area contributed by atoms with Gasteiger partial charge in [0.15, 0.2) is 0 Å². The minimum atomic E-state index is 0.985. The van der Waals surface area contributed by atoms with E-state index in [4.69, 9.17) is 0 Å². The molecule has 0 saturated carbocycles. The summed E-state index contributed by atoms with van der Waals surface area (Å²) in [5.74, 6) is 0. The van der Waals surface area contributed by atoms with Crippen LogP contribution >= 0.6 is 22.6 Å². The lowest BCUT2D eigenvalue weighted by Gasteiger charge is -2.12. The number of benzene rings is 5. The van der Waals surface area contributed by atoms with Crippen molar-refractivity contribution >= 4 is 44.7 Å². The van der Waals surface area contributed by atoms with Crippen LogP contribution in [0.1, 0.15) is 0 Å². The summed E-state index contributed by atoms with van der Waals surface area (Å²) in [6.45, 7) is 0. The minimum absolute atomic E-state index is 0.985. The number of hydrogen-bond acceptors (Lipinski definition) is 2. The van der Waals surface area contributed by atoms with E-state index in [9.17, 15) is 0 Å². The van der Waals surface area contributed by atoms with Crippen LogP contribution in [0.5, 0.6) is 0 Å². The quantitative estimate of drug-likeness (QED) is 0.194. The van der Waals surface area contributed by atoms with E-state index >= 15 is 0 Å². The summed E-state index contributed by atoms with van der Waals surface area (Å²) in [6.07, 6.45) is 3.80. The number of nitrogens with zero attached hydrogens (tertiary/aromatic N) is 4. The van der Waals surface area contributed by atoms with E-state index < -0.39 is 0 Å². The van der Waals surface area contributed by atoms with Gasteiger partial charge in [-0.25, -0.2) is 9.97 Å². The van der Waals surface area contributed by atoms with Gasteiger partial charge < -0.3 is 0 Å². The average Bonchev–Trinajstić information content (AvgIpc) is 3.58. The lowest BCUT2D eigenvalue weighted by Crippen LogP contribution is -1.93. The lowest BCUT2D eigenvalue weighted by atomic mass is 9.98. The first-order valence-corrected chi connectivity index (χ1v) is 13.2. The molecule has 0 amide bonds.